The van der Waals surface area contributed by atoms with Gasteiger partial charge in [0.1, 0.15) is 12.0 Å². The molecule has 2 amide bonds. The van der Waals surface area contributed by atoms with Gasteiger partial charge in [0.25, 0.3) is 0 Å². The van der Waals surface area contributed by atoms with E-state index in [9.17, 15) is 18.0 Å². The summed E-state index contributed by atoms with van der Waals surface area (Å²) in [6.45, 7) is 2.30. The number of nitrogens with one attached hydrogen (secondary N) is 2. The third kappa shape index (κ3) is 6.27. The van der Waals surface area contributed by atoms with Crippen molar-refractivity contribution in [2.45, 2.75) is 19.7 Å². The van der Waals surface area contributed by atoms with Gasteiger partial charge in [-0.25, -0.2) is 9.78 Å². The Labute approximate surface area is 164 Å². The maximum absolute atomic E-state index is 12.1. The average Bonchev–Trinajstić information content (AvgIpc) is 3.12. The van der Waals surface area contributed by atoms with E-state index in [1.165, 1.54) is 18.4 Å². The second kappa shape index (κ2) is 8.68. The summed E-state index contributed by atoms with van der Waals surface area (Å²) in [6, 6.07) is 12.1. The second-order valence-electron chi connectivity index (χ2n) is 6.21. The van der Waals surface area contributed by atoms with Gasteiger partial charge in [-0.05, 0) is 43.3 Å². The van der Waals surface area contributed by atoms with E-state index in [1.54, 1.807) is 0 Å². The molecular weight excluding hydrogens is 387 g/mol. The van der Waals surface area contributed by atoms with E-state index in [2.05, 4.69) is 20.4 Å². The number of carbonyl (C=O) groups excluding carboxylic acids is 1. The molecule has 0 bridgehead atoms. The molecule has 0 atom stereocenters. The summed E-state index contributed by atoms with van der Waals surface area (Å²) in [5.41, 5.74) is 3.03. The van der Waals surface area contributed by atoms with Crippen LogP contribution in [0, 0.1) is 6.92 Å². The molecule has 6 nitrogen and oxygen atoms in total. The van der Waals surface area contributed by atoms with Crippen molar-refractivity contribution in [1.82, 2.24) is 10.3 Å². The monoisotopic (exact) mass is 405 g/mol. The Morgan fingerprint density at radius 2 is 1.79 bits per heavy atom. The number of urea groups is 1. The third-order valence-electron chi connectivity index (χ3n) is 3.86. The highest BCUT2D eigenvalue weighted by atomic mass is 19.4. The van der Waals surface area contributed by atoms with Gasteiger partial charge in [0.05, 0.1) is 5.69 Å². The first kappa shape index (κ1) is 20.2. The van der Waals surface area contributed by atoms with E-state index in [4.69, 9.17) is 4.42 Å². The number of hydrogen-bond acceptors (Lipinski definition) is 4. The molecular formula is C20H18F3N3O3. The molecule has 1 heterocycles. The molecule has 2 aromatic carbocycles. The average molecular weight is 405 g/mol. The van der Waals surface area contributed by atoms with Crippen molar-refractivity contribution < 1.29 is 27.1 Å². The number of ether oxygens (including phenoxy) is 1. The number of oxazole rings is 1. The van der Waals surface area contributed by atoms with Crippen molar-refractivity contribution >= 4 is 11.7 Å². The summed E-state index contributed by atoms with van der Waals surface area (Å²) in [5.74, 6) is 0.143. The molecule has 3 rings (SSSR count). The van der Waals surface area contributed by atoms with Crippen molar-refractivity contribution in [3.8, 4) is 17.2 Å². The number of amides is 2. The van der Waals surface area contributed by atoms with Gasteiger partial charge in [-0.2, -0.15) is 0 Å². The largest absolute Gasteiger partial charge is 0.573 e. The Morgan fingerprint density at radius 3 is 2.45 bits per heavy atom. The minimum Gasteiger partial charge on any atom is -0.444 e. The number of anilines is 1. The molecule has 0 aliphatic rings. The SMILES string of the molecule is Cc1ccc(-c2nc(CCNC(=O)Nc3ccc(OC(F)(F)F)cc3)co2)cc1. The van der Waals surface area contributed by atoms with Gasteiger partial charge >= 0.3 is 12.4 Å². The van der Waals surface area contributed by atoms with Crippen molar-refractivity contribution in [2.24, 2.45) is 0 Å². The number of nitrogens with zero attached hydrogens (tertiary/aromatic N) is 1. The summed E-state index contributed by atoms with van der Waals surface area (Å²) in [4.78, 5) is 16.3. The smallest absolute Gasteiger partial charge is 0.444 e. The minimum atomic E-state index is -4.76. The minimum absolute atomic E-state index is 0.307. The highest BCUT2D eigenvalue weighted by Crippen LogP contribution is 2.24. The fourth-order valence-corrected chi connectivity index (χ4v) is 2.47. The van der Waals surface area contributed by atoms with Crippen LogP contribution in [0.3, 0.4) is 0 Å². The van der Waals surface area contributed by atoms with Gasteiger partial charge < -0.3 is 19.8 Å². The molecule has 152 valence electrons. The van der Waals surface area contributed by atoms with Crippen LogP contribution in [-0.4, -0.2) is 23.9 Å². The summed E-state index contributed by atoms with van der Waals surface area (Å²) in [6.07, 6.45) is -2.76. The van der Waals surface area contributed by atoms with E-state index in [1.807, 2.05) is 31.2 Å². The van der Waals surface area contributed by atoms with E-state index in [0.29, 0.717) is 30.2 Å². The highest BCUT2D eigenvalue weighted by molar-refractivity contribution is 5.89. The number of halogens is 3. The number of benzene rings is 2. The first-order valence-corrected chi connectivity index (χ1v) is 8.70. The van der Waals surface area contributed by atoms with Crippen LogP contribution in [0.2, 0.25) is 0 Å². The van der Waals surface area contributed by atoms with Crippen molar-refractivity contribution in [3.63, 3.8) is 0 Å². The normalized spacial score (nSPS) is 11.2. The van der Waals surface area contributed by atoms with Crippen molar-refractivity contribution in [1.29, 1.82) is 0 Å². The fraction of sp³-hybridized carbons (Fsp3) is 0.200. The number of alkyl halides is 3. The lowest BCUT2D eigenvalue weighted by molar-refractivity contribution is -0.274. The van der Waals surface area contributed by atoms with Gasteiger partial charge in [-0.15, -0.1) is 13.2 Å². The van der Waals surface area contributed by atoms with E-state index in [-0.39, 0.29) is 5.75 Å². The van der Waals surface area contributed by atoms with Crippen LogP contribution in [0.5, 0.6) is 5.75 Å². The summed E-state index contributed by atoms with van der Waals surface area (Å²) < 4.78 is 45.6. The van der Waals surface area contributed by atoms with Crippen molar-refractivity contribution in [2.75, 3.05) is 11.9 Å². The van der Waals surface area contributed by atoms with E-state index >= 15 is 0 Å². The van der Waals surface area contributed by atoms with E-state index < -0.39 is 12.4 Å². The maximum Gasteiger partial charge on any atom is 0.573 e. The van der Waals surface area contributed by atoms with Crippen LogP contribution in [0.15, 0.2) is 59.2 Å². The Kier molecular flexibility index (Phi) is 6.06. The molecule has 1 aromatic heterocycles. The molecule has 2 N–H and O–H groups in total. The molecule has 0 radical (unpaired) electrons. The lowest BCUT2D eigenvalue weighted by atomic mass is 10.1. The number of hydrogen-bond donors (Lipinski definition) is 2. The van der Waals surface area contributed by atoms with Crippen LogP contribution >= 0.6 is 0 Å². The van der Waals surface area contributed by atoms with E-state index in [0.717, 1.165) is 23.3 Å². The zero-order valence-electron chi connectivity index (χ0n) is 15.4. The third-order valence-corrected chi connectivity index (χ3v) is 3.86. The first-order valence-electron chi connectivity index (χ1n) is 8.70. The second-order valence-corrected chi connectivity index (χ2v) is 6.21. The topological polar surface area (TPSA) is 76.4 Å². The Bertz CT molecular complexity index is 952. The number of rotatable bonds is 6. The zero-order valence-corrected chi connectivity index (χ0v) is 15.4. The first-order chi connectivity index (χ1) is 13.8. The maximum atomic E-state index is 12.1. The Morgan fingerprint density at radius 1 is 1.10 bits per heavy atom. The molecule has 29 heavy (non-hydrogen) atoms. The quantitative estimate of drug-likeness (QED) is 0.611. The zero-order chi connectivity index (χ0) is 20.9. The van der Waals surface area contributed by atoms with Crippen LogP contribution in [0.1, 0.15) is 11.3 Å². The molecule has 0 aliphatic heterocycles. The van der Waals surface area contributed by atoms with Crippen molar-refractivity contribution in [3.05, 3.63) is 66.1 Å². The summed E-state index contributed by atoms with van der Waals surface area (Å²) in [5, 5.41) is 5.17. The molecule has 0 aliphatic carbocycles. The lowest BCUT2D eigenvalue weighted by Crippen LogP contribution is -2.30. The van der Waals surface area contributed by atoms with Gasteiger partial charge in [-0.3, -0.25) is 0 Å². The Balaban J connectivity index is 1.45. The molecule has 0 saturated carbocycles. The predicted octanol–water partition coefficient (Wildman–Crippen LogP) is 4.91. The number of aromatic nitrogens is 1. The van der Waals surface area contributed by atoms with Gasteiger partial charge in [0, 0.05) is 24.2 Å². The number of aryl methyl sites for hydroxylation is 1. The van der Waals surface area contributed by atoms with Gasteiger partial charge in [-0.1, -0.05) is 17.7 Å². The van der Waals surface area contributed by atoms with Crippen LogP contribution in [0.25, 0.3) is 11.5 Å². The number of carbonyl (C=O) groups is 1. The highest BCUT2D eigenvalue weighted by Gasteiger charge is 2.30. The lowest BCUT2D eigenvalue weighted by Gasteiger charge is -2.10. The summed E-state index contributed by atoms with van der Waals surface area (Å²) in [7, 11) is 0. The molecule has 0 saturated heterocycles. The van der Waals surface area contributed by atoms with Crippen LogP contribution < -0.4 is 15.4 Å². The van der Waals surface area contributed by atoms with Crippen LogP contribution in [0.4, 0.5) is 23.7 Å². The summed E-state index contributed by atoms with van der Waals surface area (Å²) >= 11 is 0. The Hall–Kier alpha value is -3.49. The van der Waals surface area contributed by atoms with Gasteiger partial charge in [0.15, 0.2) is 0 Å². The fourth-order valence-electron chi connectivity index (χ4n) is 2.47. The molecule has 3 aromatic rings. The molecule has 0 spiro atoms. The molecule has 0 unspecified atom stereocenters. The van der Waals surface area contributed by atoms with Gasteiger partial charge in [0.2, 0.25) is 5.89 Å². The standard InChI is InChI=1S/C20H18F3N3O3/c1-13-2-4-14(5-3-13)18-25-16(12-28-18)10-11-24-19(27)26-15-6-8-17(9-7-15)29-20(21,22)23/h2-9,12H,10-11H2,1H3,(H2,24,26,27). The predicted molar refractivity (Wildman–Crippen MR) is 101 cm³/mol. The molecule has 0 fully saturated rings. The molecule has 9 heteroatoms. The van der Waals surface area contributed by atoms with Crippen LogP contribution in [-0.2, 0) is 6.42 Å².